The number of aliphatic imine (C=N–C) groups is 1. The van der Waals surface area contributed by atoms with Crippen LogP contribution in [0, 0.1) is 0 Å². The van der Waals surface area contributed by atoms with Gasteiger partial charge in [-0.1, -0.05) is 0 Å². The van der Waals surface area contributed by atoms with Crippen LogP contribution in [0.15, 0.2) is 4.99 Å². The van der Waals surface area contributed by atoms with E-state index in [2.05, 4.69) is 20.9 Å². The predicted molar refractivity (Wildman–Crippen MR) is 123 cm³/mol. The lowest BCUT2D eigenvalue weighted by molar-refractivity contribution is -0.143. The van der Waals surface area contributed by atoms with Gasteiger partial charge in [-0.05, 0) is 38.2 Å². The summed E-state index contributed by atoms with van der Waals surface area (Å²) in [4.78, 5) is 52.3. The van der Waals surface area contributed by atoms with E-state index in [0.29, 0.717) is 12.2 Å². The van der Waals surface area contributed by atoms with E-state index in [1.165, 1.54) is 18.7 Å². The van der Waals surface area contributed by atoms with E-state index in [1.54, 1.807) is 0 Å². The Morgan fingerprint density at radius 2 is 1.61 bits per heavy atom. The molecule has 0 aliphatic rings. The van der Waals surface area contributed by atoms with Crippen molar-refractivity contribution in [1.29, 1.82) is 0 Å². The molecular formula is C18H35N7O7S. The molecule has 5 atom stereocenters. The van der Waals surface area contributed by atoms with E-state index in [1.807, 2.05) is 6.26 Å². The lowest BCUT2D eigenvalue weighted by Crippen LogP contribution is -2.60. The van der Waals surface area contributed by atoms with Gasteiger partial charge in [0.1, 0.15) is 18.1 Å². The number of hydrogen-bond donors (Lipinski definition) is 9. The molecule has 0 bridgehead atoms. The molecule has 0 spiro atoms. The SMILES string of the molecule is CSCCC(N)C(=O)NC(CO)C(=O)NC(C(=O)NC(CCCN=C(N)N)C(=O)O)C(C)O. The van der Waals surface area contributed by atoms with Crippen LogP contribution in [-0.4, -0.2) is 100 Å². The third-order valence-electron chi connectivity index (χ3n) is 4.41. The lowest BCUT2D eigenvalue weighted by atomic mass is 10.1. The Kier molecular flexibility index (Phi) is 14.8. The highest BCUT2D eigenvalue weighted by atomic mass is 32.2. The van der Waals surface area contributed by atoms with Crippen molar-refractivity contribution in [3.8, 4) is 0 Å². The second-order valence-electron chi connectivity index (χ2n) is 7.21. The first-order chi connectivity index (χ1) is 15.4. The van der Waals surface area contributed by atoms with E-state index in [-0.39, 0.29) is 25.3 Å². The van der Waals surface area contributed by atoms with Gasteiger partial charge >= 0.3 is 5.97 Å². The molecule has 0 saturated heterocycles. The summed E-state index contributed by atoms with van der Waals surface area (Å²) < 4.78 is 0. The van der Waals surface area contributed by atoms with E-state index >= 15 is 0 Å². The summed E-state index contributed by atoms with van der Waals surface area (Å²) in [6.07, 6.45) is 1.02. The summed E-state index contributed by atoms with van der Waals surface area (Å²) in [6.45, 7) is 0.572. The average Bonchev–Trinajstić information content (AvgIpc) is 2.74. The zero-order valence-corrected chi connectivity index (χ0v) is 19.5. The van der Waals surface area contributed by atoms with Crippen LogP contribution in [-0.2, 0) is 19.2 Å². The Bertz CT molecular complexity index is 689. The quantitative estimate of drug-likeness (QED) is 0.0569. The molecule has 0 heterocycles. The fourth-order valence-electron chi connectivity index (χ4n) is 2.53. The third-order valence-corrected chi connectivity index (χ3v) is 5.05. The number of carbonyl (C=O) groups is 4. The molecule has 33 heavy (non-hydrogen) atoms. The average molecular weight is 494 g/mol. The molecule has 0 radical (unpaired) electrons. The Labute approximate surface area is 196 Å². The summed E-state index contributed by atoms with van der Waals surface area (Å²) in [5.41, 5.74) is 16.1. The second-order valence-corrected chi connectivity index (χ2v) is 8.19. The number of rotatable bonds is 16. The molecule has 3 amide bonds. The first-order valence-electron chi connectivity index (χ1n) is 10.2. The number of carboxylic acid groups (broad SMARTS) is 1. The van der Waals surface area contributed by atoms with E-state index in [9.17, 15) is 34.5 Å². The first kappa shape index (κ1) is 30.4. The van der Waals surface area contributed by atoms with Gasteiger partial charge in [-0.2, -0.15) is 11.8 Å². The number of nitrogens with one attached hydrogen (secondary N) is 3. The number of guanidine groups is 1. The number of aliphatic hydroxyl groups is 2. The van der Waals surface area contributed by atoms with Crippen molar-refractivity contribution in [2.45, 2.75) is 56.5 Å². The molecule has 12 N–H and O–H groups in total. The van der Waals surface area contributed by atoms with Gasteiger partial charge in [0.15, 0.2) is 5.96 Å². The molecule has 0 aromatic carbocycles. The number of hydrogen-bond acceptors (Lipinski definition) is 9. The van der Waals surface area contributed by atoms with Crippen LogP contribution in [0.25, 0.3) is 0 Å². The van der Waals surface area contributed by atoms with Gasteiger partial charge in [-0.15, -0.1) is 0 Å². The molecule has 15 heteroatoms. The number of amides is 3. The summed E-state index contributed by atoms with van der Waals surface area (Å²) >= 11 is 1.49. The minimum atomic E-state index is -1.55. The number of aliphatic hydroxyl groups excluding tert-OH is 2. The largest absolute Gasteiger partial charge is 0.480 e. The fourth-order valence-corrected chi connectivity index (χ4v) is 3.02. The van der Waals surface area contributed by atoms with Gasteiger partial charge in [0.2, 0.25) is 17.7 Å². The smallest absolute Gasteiger partial charge is 0.326 e. The first-order valence-corrected chi connectivity index (χ1v) is 11.6. The van der Waals surface area contributed by atoms with Crippen molar-refractivity contribution in [2.75, 3.05) is 25.2 Å². The standard InChI is InChI=1S/C18H35N7O7S/c1-9(27)13(16(30)23-11(17(31)32)4-3-6-22-18(20)21)25-15(29)12(8-26)24-14(28)10(19)5-7-33-2/h9-13,26-27H,3-8,19H2,1-2H3,(H,23,30)(H,24,28)(H,25,29)(H,31,32)(H4,20,21,22). The predicted octanol–water partition coefficient (Wildman–Crippen LogP) is -3.97. The lowest BCUT2D eigenvalue weighted by Gasteiger charge is -2.25. The van der Waals surface area contributed by atoms with Gasteiger partial charge in [-0.3, -0.25) is 19.4 Å². The maximum absolute atomic E-state index is 12.5. The summed E-state index contributed by atoms with van der Waals surface area (Å²) in [5.74, 6) is -3.45. The molecule has 0 aromatic heterocycles. The summed E-state index contributed by atoms with van der Waals surface area (Å²) in [5, 5.41) is 35.5. The van der Waals surface area contributed by atoms with Gasteiger partial charge < -0.3 is 48.5 Å². The second kappa shape index (κ2) is 16.1. The molecule has 0 aromatic rings. The molecule has 0 rings (SSSR count). The zero-order chi connectivity index (χ0) is 25.6. The molecule has 0 aliphatic carbocycles. The van der Waals surface area contributed by atoms with Crippen LogP contribution in [0.2, 0.25) is 0 Å². The van der Waals surface area contributed by atoms with Gasteiger partial charge in [0, 0.05) is 6.54 Å². The maximum Gasteiger partial charge on any atom is 0.326 e. The highest BCUT2D eigenvalue weighted by Crippen LogP contribution is 2.03. The van der Waals surface area contributed by atoms with Crippen molar-refractivity contribution in [3.63, 3.8) is 0 Å². The van der Waals surface area contributed by atoms with Crippen LogP contribution in [0.1, 0.15) is 26.2 Å². The Morgan fingerprint density at radius 1 is 1.00 bits per heavy atom. The number of nitrogens with zero attached hydrogens (tertiary/aromatic N) is 1. The highest BCUT2D eigenvalue weighted by Gasteiger charge is 2.32. The number of nitrogens with two attached hydrogens (primary N) is 3. The number of carboxylic acids is 1. The zero-order valence-electron chi connectivity index (χ0n) is 18.7. The highest BCUT2D eigenvalue weighted by molar-refractivity contribution is 7.98. The third kappa shape index (κ3) is 12.3. The van der Waals surface area contributed by atoms with E-state index in [4.69, 9.17) is 17.2 Å². The maximum atomic E-state index is 12.5. The van der Waals surface area contributed by atoms with Crippen molar-refractivity contribution >= 4 is 41.4 Å². The van der Waals surface area contributed by atoms with E-state index < -0.39 is 60.6 Å². The summed E-state index contributed by atoms with van der Waals surface area (Å²) in [7, 11) is 0. The van der Waals surface area contributed by atoms with Crippen LogP contribution in [0.4, 0.5) is 0 Å². The van der Waals surface area contributed by atoms with Crippen molar-refractivity contribution in [3.05, 3.63) is 0 Å². The fraction of sp³-hybridized carbons (Fsp3) is 0.722. The molecule has 5 unspecified atom stereocenters. The van der Waals surface area contributed by atoms with Crippen LogP contribution in [0.5, 0.6) is 0 Å². The molecule has 0 saturated carbocycles. The van der Waals surface area contributed by atoms with Crippen LogP contribution < -0.4 is 33.2 Å². The Hall–Kier alpha value is -2.62. The topological polar surface area (TPSA) is 255 Å². The van der Waals surface area contributed by atoms with Crippen molar-refractivity contribution in [1.82, 2.24) is 16.0 Å². The normalized spacial score (nSPS) is 15.3. The molecule has 0 aliphatic heterocycles. The molecule has 190 valence electrons. The monoisotopic (exact) mass is 493 g/mol. The van der Waals surface area contributed by atoms with Crippen molar-refractivity contribution in [2.24, 2.45) is 22.2 Å². The number of thioether (sulfide) groups is 1. The molecule has 0 fully saturated rings. The van der Waals surface area contributed by atoms with Gasteiger partial charge in [0.05, 0.1) is 18.8 Å². The minimum absolute atomic E-state index is 0.0123. The number of aliphatic carboxylic acids is 1. The van der Waals surface area contributed by atoms with Gasteiger partial charge in [-0.25, -0.2) is 4.79 Å². The van der Waals surface area contributed by atoms with Gasteiger partial charge in [0.25, 0.3) is 0 Å². The Morgan fingerprint density at radius 3 is 2.09 bits per heavy atom. The van der Waals surface area contributed by atoms with Crippen LogP contribution in [0.3, 0.4) is 0 Å². The summed E-state index contributed by atoms with van der Waals surface area (Å²) in [6, 6.07) is -5.20. The van der Waals surface area contributed by atoms with Crippen LogP contribution >= 0.6 is 11.8 Å². The van der Waals surface area contributed by atoms with Crippen molar-refractivity contribution < 1.29 is 34.5 Å². The minimum Gasteiger partial charge on any atom is -0.480 e. The Balaban J connectivity index is 5.10. The number of carbonyl (C=O) groups excluding carboxylic acids is 3. The molecule has 14 nitrogen and oxygen atoms in total. The molecular weight excluding hydrogens is 458 g/mol. The van der Waals surface area contributed by atoms with E-state index in [0.717, 1.165) is 0 Å².